The quantitative estimate of drug-likeness (QED) is 0.653. The van der Waals surface area contributed by atoms with E-state index < -0.39 is 29.3 Å². The number of aromatic nitrogens is 1. The van der Waals surface area contributed by atoms with Crippen molar-refractivity contribution >= 4 is 11.5 Å². The monoisotopic (exact) mass is 251 g/mol. The average molecular weight is 251 g/mol. The summed E-state index contributed by atoms with van der Waals surface area (Å²) in [5.41, 5.74) is -0.401. The molecule has 0 unspecified atom stereocenters. The second-order valence-electron chi connectivity index (χ2n) is 2.96. The van der Waals surface area contributed by atoms with Crippen molar-refractivity contribution in [1.29, 1.82) is 0 Å². The van der Waals surface area contributed by atoms with Gasteiger partial charge in [-0.3, -0.25) is 10.1 Å². The van der Waals surface area contributed by atoms with Gasteiger partial charge in [-0.05, 0) is 0 Å². The number of rotatable bonds is 4. The van der Waals surface area contributed by atoms with Crippen LogP contribution in [-0.2, 0) is 0 Å². The second kappa shape index (κ2) is 4.85. The first-order chi connectivity index (χ1) is 7.81. The van der Waals surface area contributed by atoms with Crippen LogP contribution in [0.5, 0.6) is 5.88 Å². The number of ether oxygens (including phenoxy) is 1. The van der Waals surface area contributed by atoms with Gasteiger partial charge in [0.2, 0.25) is 5.88 Å². The van der Waals surface area contributed by atoms with Crippen LogP contribution in [0.25, 0.3) is 0 Å². The van der Waals surface area contributed by atoms with Crippen molar-refractivity contribution in [2.45, 2.75) is 6.18 Å². The van der Waals surface area contributed by atoms with Gasteiger partial charge in [0.15, 0.2) is 6.61 Å². The Bertz CT molecular complexity index is 422. The molecule has 9 heteroatoms. The third kappa shape index (κ3) is 4.13. The summed E-state index contributed by atoms with van der Waals surface area (Å²) in [6, 6.07) is 1.91. The normalized spacial score (nSPS) is 11.1. The van der Waals surface area contributed by atoms with E-state index in [1.807, 2.05) is 0 Å². The van der Waals surface area contributed by atoms with Gasteiger partial charge in [0.1, 0.15) is 5.82 Å². The molecule has 94 valence electrons. The summed E-state index contributed by atoms with van der Waals surface area (Å²) in [5, 5.41) is 13.0. The van der Waals surface area contributed by atoms with Crippen LogP contribution < -0.4 is 10.1 Å². The molecule has 0 aliphatic rings. The van der Waals surface area contributed by atoms with Gasteiger partial charge < -0.3 is 10.1 Å². The van der Waals surface area contributed by atoms with E-state index in [2.05, 4.69) is 15.0 Å². The van der Waals surface area contributed by atoms with Crippen molar-refractivity contribution < 1.29 is 22.8 Å². The maximum Gasteiger partial charge on any atom is 0.422 e. The third-order valence-electron chi connectivity index (χ3n) is 1.64. The first-order valence-corrected chi connectivity index (χ1v) is 4.35. The Kier molecular flexibility index (Phi) is 3.71. The first kappa shape index (κ1) is 13.0. The van der Waals surface area contributed by atoms with Crippen molar-refractivity contribution in [2.75, 3.05) is 19.0 Å². The van der Waals surface area contributed by atoms with Crippen LogP contribution >= 0.6 is 0 Å². The zero-order valence-corrected chi connectivity index (χ0v) is 8.61. The first-order valence-electron chi connectivity index (χ1n) is 4.35. The number of hydrogen-bond acceptors (Lipinski definition) is 5. The van der Waals surface area contributed by atoms with Crippen LogP contribution in [-0.4, -0.2) is 29.7 Å². The molecule has 0 aliphatic carbocycles. The summed E-state index contributed by atoms with van der Waals surface area (Å²) in [6.07, 6.45) is -4.52. The Morgan fingerprint density at radius 1 is 1.53 bits per heavy atom. The largest absolute Gasteiger partial charge is 0.468 e. The molecular formula is C8H8F3N3O3. The van der Waals surface area contributed by atoms with Gasteiger partial charge in [-0.25, -0.2) is 0 Å². The lowest BCUT2D eigenvalue weighted by atomic mass is 10.4. The van der Waals surface area contributed by atoms with E-state index in [1.165, 1.54) is 7.05 Å². The Labute approximate surface area is 93.6 Å². The number of anilines is 1. The SMILES string of the molecule is CNc1cc([N+](=O)[O-])cc(OCC(F)(F)F)n1. The summed E-state index contributed by atoms with van der Waals surface area (Å²) >= 11 is 0. The molecular weight excluding hydrogens is 243 g/mol. The summed E-state index contributed by atoms with van der Waals surface area (Å²) < 4.78 is 40.0. The number of alkyl halides is 3. The standard InChI is InChI=1S/C8H8F3N3O3/c1-12-6-2-5(14(15)16)3-7(13-6)17-4-8(9,10)11/h2-3H,4H2,1H3,(H,12,13). The molecule has 17 heavy (non-hydrogen) atoms. The fourth-order valence-electron chi connectivity index (χ4n) is 0.955. The van der Waals surface area contributed by atoms with Crippen molar-refractivity contribution in [3.8, 4) is 5.88 Å². The molecule has 6 nitrogen and oxygen atoms in total. The van der Waals surface area contributed by atoms with Crippen LogP contribution in [0.1, 0.15) is 0 Å². The van der Waals surface area contributed by atoms with Gasteiger partial charge in [0.05, 0.1) is 17.1 Å². The average Bonchev–Trinajstić information content (AvgIpc) is 2.25. The number of pyridine rings is 1. The number of hydrogen-bond donors (Lipinski definition) is 1. The van der Waals surface area contributed by atoms with Crippen molar-refractivity contribution in [2.24, 2.45) is 0 Å². The summed E-state index contributed by atoms with van der Waals surface area (Å²) in [7, 11) is 1.43. The van der Waals surface area contributed by atoms with E-state index >= 15 is 0 Å². The Morgan fingerprint density at radius 3 is 2.65 bits per heavy atom. The lowest BCUT2D eigenvalue weighted by Gasteiger charge is -2.09. The van der Waals surface area contributed by atoms with E-state index in [0.717, 1.165) is 12.1 Å². The summed E-state index contributed by atoms with van der Waals surface area (Å²) in [6.45, 7) is -1.55. The highest BCUT2D eigenvalue weighted by Gasteiger charge is 2.29. The van der Waals surface area contributed by atoms with Crippen LogP contribution in [0.2, 0.25) is 0 Å². The molecule has 0 spiro atoms. The molecule has 0 radical (unpaired) electrons. The zero-order chi connectivity index (χ0) is 13.1. The van der Waals surface area contributed by atoms with Crippen LogP contribution in [0.15, 0.2) is 12.1 Å². The molecule has 0 aromatic carbocycles. The van der Waals surface area contributed by atoms with Gasteiger partial charge in [0, 0.05) is 7.05 Å². The molecule has 0 bridgehead atoms. The molecule has 1 aromatic rings. The van der Waals surface area contributed by atoms with Gasteiger partial charge in [-0.1, -0.05) is 0 Å². The van der Waals surface area contributed by atoms with Crippen molar-refractivity contribution in [3.05, 3.63) is 22.2 Å². The maximum absolute atomic E-state index is 11.9. The molecule has 0 saturated heterocycles. The van der Waals surface area contributed by atoms with Gasteiger partial charge in [-0.2, -0.15) is 18.2 Å². The van der Waals surface area contributed by atoms with Gasteiger partial charge in [0.25, 0.3) is 5.69 Å². The fraction of sp³-hybridized carbons (Fsp3) is 0.375. The van der Waals surface area contributed by atoms with E-state index in [1.54, 1.807) is 0 Å². The minimum Gasteiger partial charge on any atom is -0.468 e. The Balaban J connectivity index is 2.91. The number of nitro groups is 1. The zero-order valence-electron chi connectivity index (χ0n) is 8.61. The molecule has 1 heterocycles. The Morgan fingerprint density at radius 2 is 2.18 bits per heavy atom. The van der Waals surface area contributed by atoms with Crippen molar-refractivity contribution in [1.82, 2.24) is 4.98 Å². The highest BCUT2D eigenvalue weighted by atomic mass is 19.4. The molecule has 1 aromatic heterocycles. The summed E-state index contributed by atoms with van der Waals surface area (Å²) in [5.74, 6) is -0.405. The van der Waals surface area contributed by atoms with E-state index in [9.17, 15) is 23.3 Å². The molecule has 0 fully saturated rings. The lowest BCUT2D eigenvalue weighted by Crippen LogP contribution is -2.19. The highest BCUT2D eigenvalue weighted by Crippen LogP contribution is 2.23. The van der Waals surface area contributed by atoms with Gasteiger partial charge in [-0.15, -0.1) is 0 Å². The van der Waals surface area contributed by atoms with Crippen LogP contribution in [0, 0.1) is 10.1 Å². The number of nitrogens with zero attached hydrogens (tertiary/aromatic N) is 2. The second-order valence-corrected chi connectivity index (χ2v) is 2.96. The number of halogens is 3. The topological polar surface area (TPSA) is 77.3 Å². The molecule has 1 N–H and O–H groups in total. The van der Waals surface area contributed by atoms with Gasteiger partial charge >= 0.3 is 6.18 Å². The molecule has 0 amide bonds. The van der Waals surface area contributed by atoms with Crippen LogP contribution in [0.3, 0.4) is 0 Å². The lowest BCUT2D eigenvalue weighted by molar-refractivity contribution is -0.385. The van der Waals surface area contributed by atoms with E-state index in [0.29, 0.717) is 0 Å². The minimum absolute atomic E-state index is 0.0522. The van der Waals surface area contributed by atoms with E-state index in [4.69, 9.17) is 0 Å². The van der Waals surface area contributed by atoms with Crippen molar-refractivity contribution in [3.63, 3.8) is 0 Å². The fourth-order valence-corrected chi connectivity index (χ4v) is 0.955. The minimum atomic E-state index is -4.52. The molecule has 0 atom stereocenters. The predicted octanol–water partition coefficient (Wildman–Crippen LogP) is 1.97. The van der Waals surface area contributed by atoms with E-state index in [-0.39, 0.29) is 5.82 Å². The predicted molar refractivity (Wildman–Crippen MR) is 52.0 cm³/mol. The Hall–Kier alpha value is -2.06. The van der Waals surface area contributed by atoms with Crippen LogP contribution in [0.4, 0.5) is 24.7 Å². The molecule has 1 rings (SSSR count). The smallest absolute Gasteiger partial charge is 0.422 e. The molecule has 0 aliphatic heterocycles. The number of nitrogens with one attached hydrogen (secondary N) is 1. The maximum atomic E-state index is 11.9. The highest BCUT2D eigenvalue weighted by molar-refractivity contribution is 5.47. The molecule has 0 saturated carbocycles. The summed E-state index contributed by atoms with van der Waals surface area (Å²) in [4.78, 5) is 13.3. The third-order valence-corrected chi connectivity index (χ3v) is 1.64.